The van der Waals surface area contributed by atoms with Gasteiger partial charge in [-0.2, -0.15) is 0 Å². The third-order valence-electron chi connectivity index (χ3n) is 4.75. The Morgan fingerprint density at radius 3 is 1.76 bits per heavy atom. The molecule has 0 aromatic rings. The van der Waals surface area contributed by atoms with E-state index in [1.807, 2.05) is 13.3 Å². The van der Waals surface area contributed by atoms with Gasteiger partial charge in [0.05, 0.1) is 26.0 Å². The predicted molar refractivity (Wildman–Crippen MR) is 103 cm³/mol. The van der Waals surface area contributed by atoms with Gasteiger partial charge in [0, 0.05) is 18.9 Å². The lowest BCUT2D eigenvalue weighted by atomic mass is 10.2. The standard InChI is InChI=1S/C15H33O7P3/c1-6-23(4)18-8-14(9-19-23)10-22-25(16,17-3)13-15-11-20-24(5,7-2)21-12-15/h14-15H,6-13H2,1-5H3/q+2. The zero-order chi connectivity index (χ0) is 18.6. The Kier molecular flexibility index (Phi) is 8.29. The molecule has 0 aromatic carbocycles. The summed E-state index contributed by atoms with van der Waals surface area (Å²) in [7, 11) is -5.13. The summed E-state index contributed by atoms with van der Waals surface area (Å²) >= 11 is 0. The van der Waals surface area contributed by atoms with Crippen LogP contribution in [0.25, 0.3) is 0 Å². The number of rotatable bonds is 8. The van der Waals surface area contributed by atoms with Gasteiger partial charge in [-0.1, -0.05) is 0 Å². The first-order valence-corrected chi connectivity index (χ1v) is 15.1. The van der Waals surface area contributed by atoms with Crippen molar-refractivity contribution in [1.29, 1.82) is 0 Å². The minimum atomic E-state index is -3.17. The molecule has 0 saturated carbocycles. The molecule has 0 amide bonds. The summed E-state index contributed by atoms with van der Waals surface area (Å²) < 4.78 is 47.2. The maximum absolute atomic E-state index is 12.9. The van der Waals surface area contributed by atoms with Gasteiger partial charge in [-0.3, -0.25) is 4.57 Å². The highest BCUT2D eigenvalue weighted by Crippen LogP contribution is 2.61. The fourth-order valence-corrected chi connectivity index (χ4v) is 7.13. The van der Waals surface area contributed by atoms with Gasteiger partial charge in [0.1, 0.15) is 38.9 Å². The maximum atomic E-state index is 12.9. The number of hydrogen-bond donors (Lipinski definition) is 0. The van der Waals surface area contributed by atoms with Crippen molar-refractivity contribution < 1.29 is 31.7 Å². The van der Waals surface area contributed by atoms with Crippen molar-refractivity contribution in [1.82, 2.24) is 0 Å². The lowest BCUT2D eigenvalue weighted by Crippen LogP contribution is -2.29. The second-order valence-electron chi connectivity index (χ2n) is 6.85. The third kappa shape index (κ3) is 6.45. The molecule has 2 aliphatic rings. The summed E-state index contributed by atoms with van der Waals surface area (Å²) in [5, 5.41) is 0. The Bertz CT molecular complexity index is 460. The maximum Gasteiger partial charge on any atom is 0.330 e. The first-order chi connectivity index (χ1) is 11.8. The summed E-state index contributed by atoms with van der Waals surface area (Å²) in [6, 6.07) is 0. The lowest BCUT2D eigenvalue weighted by Gasteiger charge is -2.31. The summed E-state index contributed by atoms with van der Waals surface area (Å²) in [6.07, 6.45) is 2.10. The van der Waals surface area contributed by atoms with Crippen LogP contribution >= 0.6 is 23.0 Å². The van der Waals surface area contributed by atoms with Crippen LogP contribution in [0.3, 0.4) is 0 Å². The van der Waals surface area contributed by atoms with Crippen LogP contribution in [-0.4, -0.2) is 72.0 Å². The van der Waals surface area contributed by atoms with Crippen LogP contribution in [0.2, 0.25) is 0 Å². The van der Waals surface area contributed by atoms with E-state index in [4.69, 9.17) is 27.1 Å². The topological polar surface area (TPSA) is 72.5 Å². The molecule has 0 aromatic heterocycles. The van der Waals surface area contributed by atoms with Gasteiger partial charge >= 0.3 is 7.60 Å². The molecule has 2 fully saturated rings. The first kappa shape index (κ1) is 22.1. The minimum Gasteiger partial charge on any atom is -0.312 e. The van der Waals surface area contributed by atoms with Crippen LogP contribution in [0.15, 0.2) is 0 Å². The van der Waals surface area contributed by atoms with E-state index in [-0.39, 0.29) is 11.8 Å². The normalized spacial score (nSPS) is 39.1. The van der Waals surface area contributed by atoms with E-state index in [1.54, 1.807) is 0 Å². The van der Waals surface area contributed by atoms with E-state index < -0.39 is 23.0 Å². The van der Waals surface area contributed by atoms with Crippen molar-refractivity contribution >= 4 is 23.0 Å². The van der Waals surface area contributed by atoms with E-state index in [1.165, 1.54) is 7.11 Å². The van der Waals surface area contributed by atoms with Crippen LogP contribution in [0.5, 0.6) is 0 Å². The smallest absolute Gasteiger partial charge is 0.312 e. The second kappa shape index (κ2) is 9.37. The Labute approximate surface area is 152 Å². The molecule has 0 spiro atoms. The van der Waals surface area contributed by atoms with Crippen molar-refractivity contribution in [3.63, 3.8) is 0 Å². The Morgan fingerprint density at radius 1 is 0.920 bits per heavy atom. The lowest BCUT2D eigenvalue weighted by molar-refractivity contribution is 0.0686. The van der Waals surface area contributed by atoms with Crippen molar-refractivity contribution in [2.45, 2.75) is 13.8 Å². The summed E-state index contributed by atoms with van der Waals surface area (Å²) in [5.41, 5.74) is 0. The molecule has 10 heteroatoms. The highest BCUT2D eigenvalue weighted by molar-refractivity contribution is 7.66. The Hall–Kier alpha value is 0.850. The Balaban J connectivity index is 1.78. The molecular formula is C15H33O7P3+2. The largest absolute Gasteiger partial charge is 0.330 e. The van der Waals surface area contributed by atoms with E-state index >= 15 is 0 Å². The Morgan fingerprint density at radius 2 is 1.36 bits per heavy atom. The molecule has 2 heterocycles. The van der Waals surface area contributed by atoms with E-state index in [9.17, 15) is 4.57 Å². The van der Waals surface area contributed by atoms with Gasteiger partial charge < -0.3 is 9.05 Å². The van der Waals surface area contributed by atoms with Gasteiger partial charge in [0.25, 0.3) is 15.4 Å². The summed E-state index contributed by atoms with van der Waals surface area (Å²) in [6.45, 7) is 10.8. The molecule has 2 aliphatic heterocycles. The van der Waals surface area contributed by atoms with Crippen molar-refractivity contribution in [3.8, 4) is 0 Å². The number of hydrogen-bond acceptors (Lipinski definition) is 7. The van der Waals surface area contributed by atoms with Crippen molar-refractivity contribution in [2.75, 3.05) is 72.0 Å². The van der Waals surface area contributed by atoms with Gasteiger partial charge in [-0.25, -0.2) is 18.1 Å². The van der Waals surface area contributed by atoms with Gasteiger partial charge in [0.2, 0.25) is 0 Å². The fourth-order valence-electron chi connectivity index (χ4n) is 2.51. The van der Waals surface area contributed by atoms with Crippen LogP contribution in [-0.2, 0) is 31.7 Å². The molecule has 2 saturated heterocycles. The fraction of sp³-hybridized carbons (Fsp3) is 1.00. The summed E-state index contributed by atoms with van der Waals surface area (Å²) in [5.74, 6) is 0.106. The van der Waals surface area contributed by atoms with E-state index in [0.29, 0.717) is 39.2 Å². The highest BCUT2D eigenvalue weighted by atomic mass is 31.2. The average Bonchev–Trinajstić information content (AvgIpc) is 2.63. The van der Waals surface area contributed by atoms with Gasteiger partial charge in [-0.05, 0) is 13.8 Å². The van der Waals surface area contributed by atoms with Crippen molar-refractivity contribution in [2.24, 2.45) is 11.8 Å². The minimum absolute atomic E-state index is 0.0265. The summed E-state index contributed by atoms with van der Waals surface area (Å²) in [4.78, 5) is 0. The third-order valence-corrected chi connectivity index (χ3v) is 11.9. The average molecular weight is 418 g/mol. The molecule has 25 heavy (non-hydrogen) atoms. The monoisotopic (exact) mass is 418 g/mol. The molecule has 7 nitrogen and oxygen atoms in total. The molecule has 2 rings (SSSR count). The molecule has 0 bridgehead atoms. The first-order valence-electron chi connectivity index (χ1n) is 8.84. The SMILES string of the molecule is CC[P+]1(C)OCC(COP(=O)(CC2CO[P+](C)(CC)OC2)OC)CO1. The zero-order valence-corrected chi connectivity index (χ0v) is 18.7. The molecule has 0 N–H and O–H groups in total. The van der Waals surface area contributed by atoms with Crippen LogP contribution in [0.1, 0.15) is 13.8 Å². The van der Waals surface area contributed by atoms with Crippen LogP contribution in [0.4, 0.5) is 0 Å². The molecule has 0 aliphatic carbocycles. The van der Waals surface area contributed by atoms with E-state index in [0.717, 1.165) is 12.3 Å². The molecule has 0 radical (unpaired) electrons. The molecule has 1 unspecified atom stereocenters. The second-order valence-corrected chi connectivity index (χ2v) is 15.4. The van der Waals surface area contributed by atoms with Crippen molar-refractivity contribution in [3.05, 3.63) is 0 Å². The van der Waals surface area contributed by atoms with Crippen LogP contribution in [0, 0.1) is 11.8 Å². The van der Waals surface area contributed by atoms with Gasteiger partial charge in [-0.15, -0.1) is 0 Å². The predicted octanol–water partition coefficient (Wildman–Crippen LogP) is 4.16. The zero-order valence-electron chi connectivity index (χ0n) is 16.0. The van der Waals surface area contributed by atoms with Crippen LogP contribution < -0.4 is 0 Å². The van der Waals surface area contributed by atoms with E-state index in [2.05, 4.69) is 13.8 Å². The highest BCUT2D eigenvalue weighted by Gasteiger charge is 2.43. The van der Waals surface area contributed by atoms with Gasteiger partial charge in [0.15, 0.2) is 0 Å². The molecule has 1 atom stereocenters. The molecular weight excluding hydrogens is 385 g/mol. The molecule has 148 valence electrons. The quantitative estimate of drug-likeness (QED) is 0.548.